The predicted molar refractivity (Wildman–Crippen MR) is 209 cm³/mol. The van der Waals surface area contributed by atoms with Crippen LogP contribution >= 0.6 is 0 Å². The van der Waals surface area contributed by atoms with Gasteiger partial charge in [-0.25, -0.2) is 0 Å². The summed E-state index contributed by atoms with van der Waals surface area (Å²) in [5, 5.41) is 0. The van der Waals surface area contributed by atoms with Crippen LogP contribution in [0.15, 0.2) is 75.7 Å². The molecule has 3 aromatic rings. The number of nitrogens with zero attached hydrogens (tertiary/aromatic N) is 4. The van der Waals surface area contributed by atoms with Crippen molar-refractivity contribution in [3.8, 4) is 23.0 Å². The number of methoxy groups -OCH3 is 3. The van der Waals surface area contributed by atoms with E-state index in [9.17, 15) is 14.4 Å². The highest BCUT2D eigenvalue weighted by molar-refractivity contribution is 6.04. The monoisotopic (exact) mass is 746 g/mol. The molecule has 4 heterocycles. The molecule has 0 radical (unpaired) electrons. The Bertz CT molecular complexity index is 2000. The molecule has 2 saturated heterocycles. The summed E-state index contributed by atoms with van der Waals surface area (Å²) in [5.74, 6) is 1.35. The van der Waals surface area contributed by atoms with Crippen molar-refractivity contribution < 1.29 is 38.1 Å². The molecule has 2 fully saturated rings. The van der Waals surface area contributed by atoms with Gasteiger partial charge in [-0.2, -0.15) is 0 Å². The summed E-state index contributed by atoms with van der Waals surface area (Å²) in [7, 11) is 4.49. The average molecular weight is 747 g/mol. The van der Waals surface area contributed by atoms with Gasteiger partial charge in [0.25, 0.3) is 11.8 Å². The van der Waals surface area contributed by atoms with Crippen molar-refractivity contribution in [1.82, 2.24) is 9.80 Å². The smallest absolute Gasteiger partial charge is 0.305 e. The zero-order valence-electron chi connectivity index (χ0n) is 31.9. The van der Waals surface area contributed by atoms with Crippen LogP contribution < -0.4 is 18.9 Å². The first-order valence-corrected chi connectivity index (χ1v) is 18.6. The summed E-state index contributed by atoms with van der Waals surface area (Å²) in [5.41, 5.74) is 7.17. The molecule has 12 nitrogen and oxygen atoms in total. The minimum absolute atomic E-state index is 0.0867. The Morgan fingerprint density at radius 2 is 1.16 bits per heavy atom. The fourth-order valence-electron chi connectivity index (χ4n) is 7.54. The Morgan fingerprint density at radius 3 is 1.60 bits per heavy atom. The summed E-state index contributed by atoms with van der Waals surface area (Å²) in [6.07, 6.45) is 10.9. The average Bonchev–Trinajstić information content (AvgIpc) is 3.77. The van der Waals surface area contributed by atoms with Crippen molar-refractivity contribution in [2.24, 2.45) is 9.98 Å². The van der Waals surface area contributed by atoms with Gasteiger partial charge in [-0.05, 0) is 74.4 Å². The van der Waals surface area contributed by atoms with Gasteiger partial charge in [-0.3, -0.25) is 24.4 Å². The number of allylic oxidation sites excluding steroid dienone is 2. The highest BCUT2D eigenvalue weighted by Crippen LogP contribution is 2.41. The number of hydrogen-bond acceptors (Lipinski definition) is 10. The summed E-state index contributed by atoms with van der Waals surface area (Å²) < 4.78 is 29.0. The van der Waals surface area contributed by atoms with Crippen LogP contribution in [0.1, 0.15) is 76.9 Å². The van der Waals surface area contributed by atoms with E-state index in [-0.39, 0.29) is 43.1 Å². The van der Waals surface area contributed by atoms with Crippen LogP contribution in [0.25, 0.3) is 0 Å². The molecule has 3 aromatic carbocycles. The molecule has 0 spiro atoms. The second kappa shape index (κ2) is 16.2. The van der Waals surface area contributed by atoms with Crippen molar-refractivity contribution >= 4 is 41.6 Å². The van der Waals surface area contributed by atoms with E-state index in [1.807, 2.05) is 54.3 Å². The number of carbonyl (C=O) groups is 3. The van der Waals surface area contributed by atoms with Gasteiger partial charge in [0.05, 0.1) is 55.9 Å². The van der Waals surface area contributed by atoms with Gasteiger partial charge >= 0.3 is 5.97 Å². The van der Waals surface area contributed by atoms with Crippen LogP contribution in [0.5, 0.6) is 23.0 Å². The van der Waals surface area contributed by atoms with Crippen molar-refractivity contribution in [3.05, 3.63) is 93.6 Å². The number of aryl methyl sites for hydroxylation is 1. The largest absolute Gasteiger partial charge is 0.493 e. The van der Waals surface area contributed by atoms with Gasteiger partial charge in [0.2, 0.25) is 0 Å². The number of amides is 2. The summed E-state index contributed by atoms with van der Waals surface area (Å²) in [6, 6.07) is 12.8. The number of aliphatic imine (C=N–C) groups is 2. The predicted octanol–water partition coefficient (Wildman–Crippen LogP) is 7.11. The van der Waals surface area contributed by atoms with Crippen LogP contribution in [-0.2, 0) is 29.2 Å². The standard InChI is InChI=1S/C43H46N4O8/c1-6-26-14-31-20-44-35-18-39(37(51-3)16-33(35)42(49)46(31)22-26)54-24-29-11-28(9-8-10-41(48)53-5)12-30(13-29)25-55-40-19-36-34(17-38(40)52-4)43(50)47-23-27(7-2)15-32(47)21-45-36/h6-7,11-13,16-21,31-32H,8-10,14-15,22-25H2,1-5H3/b26-6+,27-7+/t31-,32-/m0/s1. The van der Waals surface area contributed by atoms with E-state index >= 15 is 0 Å². The lowest BCUT2D eigenvalue weighted by atomic mass is 10.0. The summed E-state index contributed by atoms with van der Waals surface area (Å²) in [6.45, 7) is 5.53. The van der Waals surface area contributed by atoms with Gasteiger partial charge in [0.1, 0.15) is 13.2 Å². The van der Waals surface area contributed by atoms with E-state index in [4.69, 9.17) is 33.7 Å². The zero-order chi connectivity index (χ0) is 38.6. The maximum Gasteiger partial charge on any atom is 0.305 e. The van der Waals surface area contributed by atoms with Gasteiger partial charge in [-0.1, -0.05) is 35.4 Å². The highest BCUT2D eigenvalue weighted by atomic mass is 16.5. The lowest BCUT2D eigenvalue weighted by Gasteiger charge is -2.20. The second-order valence-corrected chi connectivity index (χ2v) is 14.1. The third kappa shape index (κ3) is 7.85. The van der Waals surface area contributed by atoms with E-state index in [2.05, 4.69) is 12.2 Å². The second-order valence-electron chi connectivity index (χ2n) is 14.1. The van der Waals surface area contributed by atoms with E-state index in [0.29, 0.717) is 77.9 Å². The van der Waals surface area contributed by atoms with E-state index < -0.39 is 0 Å². The quantitative estimate of drug-likeness (QED) is 0.142. The maximum absolute atomic E-state index is 13.6. The normalized spacial score (nSPS) is 19.8. The Kier molecular flexibility index (Phi) is 11.0. The van der Waals surface area contributed by atoms with Crippen LogP contribution in [-0.4, -0.2) is 86.5 Å². The number of rotatable bonds is 12. The molecule has 7 rings (SSSR count). The number of esters is 1. The lowest BCUT2D eigenvalue weighted by molar-refractivity contribution is -0.140. The molecule has 2 atom stereocenters. The minimum Gasteiger partial charge on any atom is -0.493 e. The molecule has 0 unspecified atom stereocenters. The molecule has 0 N–H and O–H groups in total. The summed E-state index contributed by atoms with van der Waals surface area (Å²) >= 11 is 0. The third-order valence-electron chi connectivity index (χ3n) is 10.6. The molecule has 12 heteroatoms. The number of hydrogen-bond donors (Lipinski definition) is 0. The fourth-order valence-corrected chi connectivity index (χ4v) is 7.54. The molecule has 4 aliphatic heterocycles. The molecule has 0 bridgehead atoms. The molecule has 55 heavy (non-hydrogen) atoms. The molecule has 4 aliphatic rings. The third-order valence-corrected chi connectivity index (χ3v) is 10.6. The van der Waals surface area contributed by atoms with Gasteiger partial charge in [0, 0.05) is 44.1 Å². The first kappa shape index (κ1) is 37.4. The Balaban J connectivity index is 1.12. The first-order valence-electron chi connectivity index (χ1n) is 18.6. The highest BCUT2D eigenvalue weighted by Gasteiger charge is 2.36. The SMILES string of the molecule is C/C=C1\C[C@H]2C=Nc3cc(OCc4cc(CCCC(=O)OC)cc(COc5cc6c(cc5OC)C(=O)N5C/C(=C/C)C[C@H]5C=N6)c4)c(OC)cc3C(=O)N2C1. The van der Waals surface area contributed by atoms with Crippen LogP contribution in [0, 0.1) is 0 Å². The number of benzene rings is 3. The number of fused-ring (bicyclic) bond motifs is 4. The van der Waals surface area contributed by atoms with E-state index in [1.165, 1.54) is 18.3 Å². The van der Waals surface area contributed by atoms with E-state index in [0.717, 1.165) is 29.5 Å². The van der Waals surface area contributed by atoms with Gasteiger partial charge < -0.3 is 33.5 Å². The van der Waals surface area contributed by atoms with Crippen molar-refractivity contribution in [2.45, 2.75) is 71.2 Å². The number of ether oxygens (including phenoxy) is 5. The molecule has 0 aromatic heterocycles. The fraction of sp³-hybridized carbons (Fsp3) is 0.372. The topological polar surface area (TPSA) is 129 Å². The summed E-state index contributed by atoms with van der Waals surface area (Å²) in [4.78, 5) is 52.1. The zero-order valence-corrected chi connectivity index (χ0v) is 31.9. The molecule has 2 amide bonds. The Hall–Kier alpha value is -5.91. The van der Waals surface area contributed by atoms with Crippen molar-refractivity contribution in [3.63, 3.8) is 0 Å². The van der Waals surface area contributed by atoms with Crippen molar-refractivity contribution in [2.75, 3.05) is 34.4 Å². The minimum atomic E-state index is -0.263. The molecule has 0 saturated carbocycles. The Labute approximate surface area is 321 Å². The molecular weight excluding hydrogens is 700 g/mol. The number of carbonyl (C=O) groups excluding carboxylic acids is 3. The van der Waals surface area contributed by atoms with Crippen LogP contribution in [0.4, 0.5) is 11.4 Å². The molecule has 286 valence electrons. The molecular formula is C43H46N4O8. The Morgan fingerprint density at radius 1 is 0.691 bits per heavy atom. The maximum atomic E-state index is 13.6. The first-order chi connectivity index (χ1) is 26.7. The van der Waals surface area contributed by atoms with Crippen molar-refractivity contribution in [1.29, 1.82) is 0 Å². The van der Waals surface area contributed by atoms with Crippen LogP contribution in [0.3, 0.4) is 0 Å². The van der Waals surface area contributed by atoms with Crippen LogP contribution in [0.2, 0.25) is 0 Å². The lowest BCUT2D eigenvalue weighted by Crippen LogP contribution is -2.35. The van der Waals surface area contributed by atoms with Gasteiger partial charge in [-0.15, -0.1) is 0 Å². The molecule has 0 aliphatic carbocycles. The van der Waals surface area contributed by atoms with E-state index in [1.54, 1.807) is 38.5 Å². The van der Waals surface area contributed by atoms with Gasteiger partial charge in [0.15, 0.2) is 23.0 Å².